The Morgan fingerprint density at radius 3 is 2.75 bits per heavy atom. The predicted octanol–water partition coefficient (Wildman–Crippen LogP) is 3.70. The minimum atomic E-state index is 0.343. The van der Waals surface area contributed by atoms with E-state index in [-0.39, 0.29) is 0 Å². The number of anilines is 1. The molecule has 5 nitrogen and oxygen atoms in total. The van der Waals surface area contributed by atoms with Crippen LogP contribution in [0.5, 0.6) is 11.5 Å². The summed E-state index contributed by atoms with van der Waals surface area (Å²) < 4.78 is 11.0. The smallest absolute Gasteiger partial charge is 0.231 e. The van der Waals surface area contributed by atoms with Gasteiger partial charge in [0, 0.05) is 54.9 Å². The van der Waals surface area contributed by atoms with Crippen LogP contribution in [0.3, 0.4) is 0 Å². The lowest BCUT2D eigenvalue weighted by Crippen LogP contribution is -2.51. The van der Waals surface area contributed by atoms with Crippen molar-refractivity contribution in [2.24, 2.45) is 0 Å². The largest absolute Gasteiger partial charge is 0.454 e. The van der Waals surface area contributed by atoms with Gasteiger partial charge in [-0.3, -0.25) is 4.90 Å². The number of ether oxygens (including phenoxy) is 2. The Balaban J connectivity index is 1.11. The minimum absolute atomic E-state index is 0.343. The normalized spacial score (nSPS) is 23.3. The fourth-order valence-electron chi connectivity index (χ4n) is 4.68. The maximum absolute atomic E-state index is 5.53. The maximum atomic E-state index is 5.53. The average Bonchev–Trinajstić information content (AvgIpc) is 3.40. The number of hydrogen-bond donors (Lipinski definition) is 1. The van der Waals surface area contributed by atoms with Gasteiger partial charge in [-0.25, -0.2) is 0 Å². The summed E-state index contributed by atoms with van der Waals surface area (Å²) in [5.41, 5.74) is 1.25. The predicted molar refractivity (Wildman–Crippen MR) is 114 cm³/mol. The molecule has 1 aromatic carbocycles. The molecule has 1 aromatic heterocycles. The van der Waals surface area contributed by atoms with Gasteiger partial charge in [0.15, 0.2) is 11.5 Å². The zero-order valence-corrected chi connectivity index (χ0v) is 17.1. The number of nitrogens with one attached hydrogen (secondary N) is 1. The highest BCUT2D eigenvalue weighted by atomic mass is 32.1. The minimum Gasteiger partial charge on any atom is -0.454 e. The maximum Gasteiger partial charge on any atom is 0.231 e. The molecule has 0 spiro atoms. The van der Waals surface area contributed by atoms with Crippen LogP contribution in [0, 0.1) is 0 Å². The van der Waals surface area contributed by atoms with Gasteiger partial charge in [-0.2, -0.15) is 0 Å². The molecule has 3 aliphatic heterocycles. The van der Waals surface area contributed by atoms with E-state index in [0.717, 1.165) is 31.1 Å². The topological polar surface area (TPSA) is 37.0 Å². The van der Waals surface area contributed by atoms with E-state index in [1.54, 1.807) is 0 Å². The standard InChI is InChI=1S/C22H29N3O2S/c1-3-18(14-24(9-1)15-20-4-2-12-28-20)23-17-7-10-25(11-8-17)19-5-6-21-22(13-19)27-16-26-21/h2,4-6,12-13,17-18,23H,1,3,7-11,14-16H2. The second-order valence-corrected chi connectivity index (χ2v) is 9.15. The van der Waals surface area contributed by atoms with Gasteiger partial charge in [0.2, 0.25) is 6.79 Å². The third-order valence-electron chi connectivity index (χ3n) is 6.15. The van der Waals surface area contributed by atoms with Crippen molar-refractivity contribution in [2.75, 3.05) is 37.9 Å². The number of benzene rings is 1. The first-order chi connectivity index (χ1) is 13.8. The number of rotatable bonds is 5. The molecule has 0 aliphatic carbocycles. The highest BCUT2D eigenvalue weighted by molar-refractivity contribution is 7.09. The molecule has 28 heavy (non-hydrogen) atoms. The van der Waals surface area contributed by atoms with Crippen molar-refractivity contribution >= 4 is 17.0 Å². The van der Waals surface area contributed by atoms with Gasteiger partial charge in [-0.1, -0.05) is 6.07 Å². The Hall–Kier alpha value is -1.76. The third kappa shape index (κ3) is 4.14. The van der Waals surface area contributed by atoms with E-state index in [1.165, 1.54) is 49.3 Å². The summed E-state index contributed by atoms with van der Waals surface area (Å²) in [7, 11) is 0. The van der Waals surface area contributed by atoms with E-state index in [9.17, 15) is 0 Å². The van der Waals surface area contributed by atoms with E-state index in [2.05, 4.69) is 44.8 Å². The van der Waals surface area contributed by atoms with E-state index in [4.69, 9.17) is 9.47 Å². The quantitative estimate of drug-likeness (QED) is 0.830. The molecule has 2 fully saturated rings. The molecule has 6 heteroatoms. The molecule has 2 saturated heterocycles. The lowest BCUT2D eigenvalue weighted by molar-refractivity contribution is 0.173. The molecular formula is C22H29N3O2S. The molecule has 1 atom stereocenters. The summed E-state index contributed by atoms with van der Waals surface area (Å²) in [6, 6.07) is 12.0. The van der Waals surface area contributed by atoms with Crippen LogP contribution in [-0.2, 0) is 6.54 Å². The Labute approximate surface area is 171 Å². The lowest BCUT2D eigenvalue weighted by Gasteiger charge is -2.39. The van der Waals surface area contributed by atoms with E-state index < -0.39 is 0 Å². The van der Waals surface area contributed by atoms with Crippen LogP contribution in [0.2, 0.25) is 0 Å². The van der Waals surface area contributed by atoms with Gasteiger partial charge in [-0.15, -0.1) is 11.3 Å². The summed E-state index contributed by atoms with van der Waals surface area (Å²) >= 11 is 1.87. The Morgan fingerprint density at radius 2 is 1.89 bits per heavy atom. The number of nitrogens with zero attached hydrogens (tertiary/aromatic N) is 2. The van der Waals surface area contributed by atoms with Gasteiger partial charge in [0.1, 0.15) is 0 Å². The first-order valence-electron chi connectivity index (χ1n) is 10.5. The van der Waals surface area contributed by atoms with Crippen LogP contribution in [0.1, 0.15) is 30.6 Å². The van der Waals surface area contributed by atoms with Crippen molar-refractivity contribution in [3.05, 3.63) is 40.6 Å². The van der Waals surface area contributed by atoms with E-state index >= 15 is 0 Å². The molecule has 2 aromatic rings. The van der Waals surface area contributed by atoms with Gasteiger partial charge in [0.25, 0.3) is 0 Å². The molecule has 150 valence electrons. The number of piperidine rings is 2. The molecule has 0 radical (unpaired) electrons. The Kier molecular flexibility index (Phi) is 5.43. The van der Waals surface area contributed by atoms with Gasteiger partial charge in [-0.05, 0) is 55.8 Å². The first-order valence-corrected chi connectivity index (χ1v) is 11.4. The SMILES string of the molecule is c1csc(CN2CCCC(NC3CCN(c4ccc5c(c4)OCO5)CC3)C2)c1. The first kappa shape index (κ1) is 18.3. The van der Waals surface area contributed by atoms with Crippen molar-refractivity contribution < 1.29 is 9.47 Å². The summed E-state index contributed by atoms with van der Waals surface area (Å²) in [5.74, 6) is 1.75. The summed E-state index contributed by atoms with van der Waals surface area (Å²) in [4.78, 5) is 6.58. The van der Waals surface area contributed by atoms with Gasteiger partial charge in [0.05, 0.1) is 0 Å². The monoisotopic (exact) mass is 399 g/mol. The van der Waals surface area contributed by atoms with E-state index in [0.29, 0.717) is 18.9 Å². The lowest BCUT2D eigenvalue weighted by atomic mass is 9.99. The van der Waals surface area contributed by atoms with E-state index in [1.807, 2.05) is 17.4 Å². The fourth-order valence-corrected chi connectivity index (χ4v) is 5.42. The van der Waals surface area contributed by atoms with Crippen LogP contribution >= 0.6 is 11.3 Å². The second-order valence-electron chi connectivity index (χ2n) is 8.12. The summed E-state index contributed by atoms with van der Waals surface area (Å²) in [6.45, 7) is 6.07. The average molecular weight is 400 g/mol. The molecule has 1 N–H and O–H groups in total. The molecule has 1 unspecified atom stereocenters. The van der Waals surface area contributed by atoms with Crippen LogP contribution in [0.25, 0.3) is 0 Å². The molecule has 3 aliphatic rings. The molecule has 0 amide bonds. The zero-order chi connectivity index (χ0) is 18.8. The molecule has 0 bridgehead atoms. The highest BCUT2D eigenvalue weighted by Crippen LogP contribution is 2.36. The Morgan fingerprint density at radius 1 is 1.00 bits per heavy atom. The van der Waals surface area contributed by atoms with Gasteiger partial charge < -0.3 is 19.7 Å². The highest BCUT2D eigenvalue weighted by Gasteiger charge is 2.26. The van der Waals surface area contributed by atoms with Crippen LogP contribution in [0.4, 0.5) is 5.69 Å². The number of fused-ring (bicyclic) bond motifs is 1. The third-order valence-corrected chi connectivity index (χ3v) is 7.01. The fraction of sp³-hybridized carbons (Fsp3) is 0.545. The molecular weight excluding hydrogens is 370 g/mol. The summed E-state index contributed by atoms with van der Waals surface area (Å²) in [5, 5.41) is 6.15. The van der Waals surface area contributed by atoms with Crippen molar-refractivity contribution in [3.8, 4) is 11.5 Å². The van der Waals surface area contributed by atoms with Crippen molar-refractivity contribution in [2.45, 2.75) is 44.3 Å². The summed E-state index contributed by atoms with van der Waals surface area (Å²) in [6.07, 6.45) is 5.02. The van der Waals surface area contributed by atoms with Gasteiger partial charge >= 0.3 is 0 Å². The molecule has 4 heterocycles. The second kappa shape index (κ2) is 8.31. The van der Waals surface area contributed by atoms with Crippen LogP contribution < -0.4 is 19.7 Å². The number of thiophene rings is 1. The van der Waals surface area contributed by atoms with Crippen LogP contribution in [0.15, 0.2) is 35.7 Å². The Bertz CT molecular complexity index is 774. The number of likely N-dealkylation sites (tertiary alicyclic amines) is 1. The van der Waals surface area contributed by atoms with Crippen molar-refractivity contribution in [3.63, 3.8) is 0 Å². The number of hydrogen-bond acceptors (Lipinski definition) is 6. The van der Waals surface area contributed by atoms with Crippen LogP contribution in [-0.4, -0.2) is 50.0 Å². The molecule has 5 rings (SSSR count). The molecule has 0 saturated carbocycles. The van der Waals surface area contributed by atoms with Crippen molar-refractivity contribution in [1.29, 1.82) is 0 Å². The van der Waals surface area contributed by atoms with Crippen molar-refractivity contribution in [1.82, 2.24) is 10.2 Å². The zero-order valence-electron chi connectivity index (χ0n) is 16.3.